The smallest absolute Gasteiger partial charge is 0.257 e. The molecule has 0 aliphatic heterocycles. The van der Waals surface area contributed by atoms with Crippen molar-refractivity contribution in [2.24, 2.45) is 5.92 Å². The zero-order valence-corrected chi connectivity index (χ0v) is 18.1. The van der Waals surface area contributed by atoms with E-state index < -0.39 is 0 Å². The molecule has 0 radical (unpaired) electrons. The second-order valence-electron chi connectivity index (χ2n) is 7.75. The first-order chi connectivity index (χ1) is 13.5. The van der Waals surface area contributed by atoms with Crippen molar-refractivity contribution in [3.63, 3.8) is 0 Å². The summed E-state index contributed by atoms with van der Waals surface area (Å²) in [5.74, 6) is 0.313. The fourth-order valence-corrected chi connectivity index (χ4v) is 4.22. The topological polar surface area (TPSA) is 63.6 Å². The van der Waals surface area contributed by atoms with Crippen molar-refractivity contribution in [1.82, 2.24) is 14.8 Å². The Bertz CT molecular complexity index is 689. The summed E-state index contributed by atoms with van der Waals surface area (Å²) in [5.41, 5.74) is 1.94. The first-order valence-electron chi connectivity index (χ1n) is 10.7. The van der Waals surface area contributed by atoms with E-state index in [0.29, 0.717) is 31.2 Å². The van der Waals surface area contributed by atoms with E-state index in [1.54, 1.807) is 13.2 Å². The number of hydrogen-bond acceptors (Lipinski definition) is 4. The highest BCUT2D eigenvalue weighted by Crippen LogP contribution is 2.29. The van der Waals surface area contributed by atoms with Gasteiger partial charge in [0.05, 0.1) is 6.61 Å². The minimum Gasteiger partial charge on any atom is -0.383 e. The van der Waals surface area contributed by atoms with E-state index in [9.17, 15) is 9.59 Å². The number of rotatable bonds is 11. The van der Waals surface area contributed by atoms with E-state index in [-0.39, 0.29) is 11.3 Å². The minimum absolute atomic E-state index is 0.167. The Morgan fingerprint density at radius 2 is 1.96 bits per heavy atom. The van der Waals surface area contributed by atoms with Crippen LogP contribution in [0.2, 0.25) is 0 Å². The number of aromatic nitrogens is 1. The zero-order chi connectivity index (χ0) is 20.5. The molecule has 0 spiro atoms. The Hall–Kier alpha value is -1.66. The molecule has 2 rings (SSSR count). The molecule has 158 valence electrons. The quantitative estimate of drug-likeness (QED) is 0.630. The molecule has 0 bridgehead atoms. The average molecular weight is 392 g/mol. The van der Waals surface area contributed by atoms with E-state index in [2.05, 4.69) is 28.6 Å². The number of likely N-dealkylation sites (N-methyl/N-ethyl adjacent to an activating group) is 1. The number of nitrogens with zero attached hydrogens (tertiary/aromatic N) is 2. The molecule has 28 heavy (non-hydrogen) atoms. The molecule has 1 amide bonds. The highest BCUT2D eigenvalue weighted by Gasteiger charge is 2.24. The summed E-state index contributed by atoms with van der Waals surface area (Å²) < 4.78 is 7.38. The van der Waals surface area contributed by atoms with Gasteiger partial charge in [-0.25, -0.2) is 0 Å². The van der Waals surface area contributed by atoms with Crippen molar-refractivity contribution >= 4 is 5.91 Å². The lowest BCUT2D eigenvalue weighted by atomic mass is 9.97. The Balaban J connectivity index is 2.28. The molecule has 0 unspecified atom stereocenters. The third-order valence-electron chi connectivity index (χ3n) is 5.94. The summed E-state index contributed by atoms with van der Waals surface area (Å²) >= 11 is 0. The summed E-state index contributed by atoms with van der Waals surface area (Å²) in [7, 11) is 1.68. The Morgan fingerprint density at radius 1 is 1.29 bits per heavy atom. The van der Waals surface area contributed by atoms with Crippen LogP contribution >= 0.6 is 0 Å². The zero-order valence-electron chi connectivity index (χ0n) is 18.1. The van der Waals surface area contributed by atoms with Gasteiger partial charge in [-0.2, -0.15) is 0 Å². The summed E-state index contributed by atoms with van der Waals surface area (Å²) in [6, 6.07) is 1.59. The van der Waals surface area contributed by atoms with E-state index in [1.165, 1.54) is 25.7 Å². The highest BCUT2D eigenvalue weighted by molar-refractivity contribution is 5.95. The van der Waals surface area contributed by atoms with Crippen LogP contribution in [0.5, 0.6) is 0 Å². The van der Waals surface area contributed by atoms with E-state index >= 15 is 0 Å². The second kappa shape index (κ2) is 11.4. The molecule has 1 saturated carbocycles. The number of pyridine rings is 1. The van der Waals surface area contributed by atoms with Gasteiger partial charge < -0.3 is 19.5 Å². The van der Waals surface area contributed by atoms with Gasteiger partial charge in [-0.05, 0) is 32.4 Å². The van der Waals surface area contributed by atoms with Gasteiger partial charge in [0, 0.05) is 44.2 Å². The Labute approximate surface area is 169 Å². The summed E-state index contributed by atoms with van der Waals surface area (Å²) in [4.78, 5) is 28.0. The molecule has 0 atom stereocenters. The molecular weight excluding hydrogens is 354 g/mol. The number of methoxy groups -OCH3 is 1. The van der Waals surface area contributed by atoms with Gasteiger partial charge in [0.25, 0.3) is 5.91 Å². The largest absolute Gasteiger partial charge is 0.383 e. The van der Waals surface area contributed by atoms with Gasteiger partial charge in [0.15, 0.2) is 5.43 Å². The van der Waals surface area contributed by atoms with Gasteiger partial charge in [-0.1, -0.05) is 39.5 Å². The summed E-state index contributed by atoms with van der Waals surface area (Å²) in [6.45, 7) is 10.6. The first kappa shape index (κ1) is 22.6. The van der Waals surface area contributed by atoms with Crippen LogP contribution in [0, 0.1) is 12.8 Å². The van der Waals surface area contributed by atoms with Gasteiger partial charge >= 0.3 is 0 Å². The van der Waals surface area contributed by atoms with E-state index in [4.69, 9.17) is 4.74 Å². The van der Waals surface area contributed by atoms with Crippen molar-refractivity contribution in [1.29, 1.82) is 0 Å². The molecule has 1 fully saturated rings. The molecule has 6 nitrogen and oxygen atoms in total. The first-order valence-corrected chi connectivity index (χ1v) is 10.7. The maximum absolute atomic E-state index is 13.0. The third kappa shape index (κ3) is 5.92. The molecule has 1 aromatic rings. The molecule has 1 aromatic heterocycles. The maximum Gasteiger partial charge on any atom is 0.257 e. The standard InChI is InChI=1S/C22H37N3O3/c1-5-24(6-2)12-11-23-22(27)21-19(16-18-9-7-8-10-18)25(13-14-28-4)17(3)15-20(21)26/h15,18H,5-14,16H2,1-4H3,(H,23,27). The van der Waals surface area contributed by atoms with Crippen molar-refractivity contribution in [2.45, 2.75) is 59.4 Å². The van der Waals surface area contributed by atoms with Crippen LogP contribution in [0.3, 0.4) is 0 Å². The molecule has 0 saturated heterocycles. The number of nitrogens with one attached hydrogen (secondary N) is 1. The Morgan fingerprint density at radius 3 is 2.57 bits per heavy atom. The van der Waals surface area contributed by atoms with Crippen LogP contribution in [-0.4, -0.2) is 55.3 Å². The van der Waals surface area contributed by atoms with Gasteiger partial charge in [-0.3, -0.25) is 9.59 Å². The number of carbonyl (C=O) groups is 1. The van der Waals surface area contributed by atoms with Gasteiger partial charge in [-0.15, -0.1) is 0 Å². The highest BCUT2D eigenvalue weighted by atomic mass is 16.5. The summed E-state index contributed by atoms with van der Waals surface area (Å²) in [6.07, 6.45) is 5.62. The number of ether oxygens (including phenoxy) is 1. The second-order valence-corrected chi connectivity index (χ2v) is 7.75. The maximum atomic E-state index is 13.0. The molecule has 0 aromatic carbocycles. The fourth-order valence-electron chi connectivity index (χ4n) is 4.22. The summed E-state index contributed by atoms with van der Waals surface area (Å²) in [5, 5.41) is 2.98. The van der Waals surface area contributed by atoms with Crippen LogP contribution in [0.1, 0.15) is 61.3 Å². The van der Waals surface area contributed by atoms with Crippen molar-refractivity contribution in [3.05, 3.63) is 33.2 Å². The monoisotopic (exact) mass is 391 g/mol. The number of carbonyl (C=O) groups excluding carboxylic acids is 1. The van der Waals surface area contributed by atoms with Crippen LogP contribution < -0.4 is 10.7 Å². The lowest BCUT2D eigenvalue weighted by Crippen LogP contribution is -2.38. The number of aryl methyl sites for hydroxylation is 1. The predicted molar refractivity (Wildman–Crippen MR) is 113 cm³/mol. The molecule has 1 aliphatic carbocycles. The molecular formula is C22H37N3O3. The van der Waals surface area contributed by atoms with Crippen LogP contribution in [0.4, 0.5) is 0 Å². The van der Waals surface area contributed by atoms with E-state index in [1.807, 2.05) is 6.92 Å². The Kier molecular flexibility index (Phi) is 9.19. The van der Waals surface area contributed by atoms with Gasteiger partial charge in [0.1, 0.15) is 5.56 Å². The van der Waals surface area contributed by atoms with Crippen molar-refractivity contribution < 1.29 is 9.53 Å². The lowest BCUT2D eigenvalue weighted by Gasteiger charge is -2.22. The van der Waals surface area contributed by atoms with Crippen LogP contribution in [0.25, 0.3) is 0 Å². The molecule has 1 aliphatic rings. The molecule has 1 N–H and O–H groups in total. The van der Waals surface area contributed by atoms with Crippen LogP contribution in [-0.2, 0) is 17.7 Å². The predicted octanol–water partition coefficient (Wildman–Crippen LogP) is 2.61. The number of hydrogen-bond donors (Lipinski definition) is 1. The molecule has 6 heteroatoms. The average Bonchev–Trinajstić information content (AvgIpc) is 3.18. The third-order valence-corrected chi connectivity index (χ3v) is 5.94. The fraction of sp³-hybridized carbons (Fsp3) is 0.727. The van der Waals surface area contributed by atoms with Crippen molar-refractivity contribution in [3.8, 4) is 0 Å². The lowest BCUT2D eigenvalue weighted by molar-refractivity contribution is 0.0945. The minimum atomic E-state index is -0.240. The van der Waals surface area contributed by atoms with Crippen LogP contribution in [0.15, 0.2) is 10.9 Å². The molecule has 1 heterocycles. The van der Waals surface area contributed by atoms with Crippen molar-refractivity contribution in [2.75, 3.05) is 39.9 Å². The number of amides is 1. The SMILES string of the molecule is CCN(CC)CCNC(=O)c1c(CC2CCCC2)n(CCOC)c(C)cc1=O. The normalized spacial score (nSPS) is 14.8. The van der Waals surface area contributed by atoms with E-state index in [0.717, 1.165) is 37.4 Å². The van der Waals surface area contributed by atoms with Gasteiger partial charge in [0.2, 0.25) is 0 Å².